The van der Waals surface area contributed by atoms with Crippen molar-refractivity contribution in [1.82, 2.24) is 16.0 Å². The van der Waals surface area contributed by atoms with E-state index in [4.69, 9.17) is 0 Å². The molecule has 0 spiro atoms. The molecule has 0 bridgehead atoms. The van der Waals surface area contributed by atoms with Gasteiger partial charge in [0.15, 0.2) is 0 Å². The summed E-state index contributed by atoms with van der Waals surface area (Å²) in [6, 6.07) is -1.31. The Labute approximate surface area is 113 Å². The van der Waals surface area contributed by atoms with E-state index in [0.29, 0.717) is 0 Å². The summed E-state index contributed by atoms with van der Waals surface area (Å²) >= 11 is 0. The molecule has 4 N–H and O–H groups in total. The number of carbonyl (C=O) groups excluding carboxylic acids is 2. The summed E-state index contributed by atoms with van der Waals surface area (Å²) in [5.41, 5.74) is -1.91. The predicted molar refractivity (Wildman–Crippen MR) is 70.7 cm³/mol. The van der Waals surface area contributed by atoms with Crippen LogP contribution in [0.3, 0.4) is 0 Å². The van der Waals surface area contributed by atoms with Gasteiger partial charge in [-0.2, -0.15) is 0 Å². The Hall–Kier alpha value is -1.63. The first kappa shape index (κ1) is 17.4. The highest BCUT2D eigenvalue weighted by molar-refractivity contribution is 5.96. The SMILES string of the molecule is CNC(=O)NC(=O)C(C)NC(C)(C)C(C)(C)C(=O)O. The second kappa shape index (κ2) is 6.01. The van der Waals surface area contributed by atoms with Crippen LogP contribution in [0.1, 0.15) is 34.6 Å². The van der Waals surface area contributed by atoms with Crippen LogP contribution in [-0.4, -0.2) is 41.6 Å². The number of hydrogen-bond acceptors (Lipinski definition) is 4. The van der Waals surface area contributed by atoms with E-state index in [2.05, 4.69) is 16.0 Å². The highest BCUT2D eigenvalue weighted by atomic mass is 16.4. The van der Waals surface area contributed by atoms with E-state index in [0.717, 1.165) is 0 Å². The maximum absolute atomic E-state index is 11.7. The Morgan fingerprint density at radius 1 is 1.11 bits per heavy atom. The zero-order valence-corrected chi connectivity index (χ0v) is 12.2. The lowest BCUT2D eigenvalue weighted by Crippen LogP contribution is -2.61. The second-order valence-electron chi connectivity index (χ2n) is 5.49. The van der Waals surface area contributed by atoms with Gasteiger partial charge in [0.2, 0.25) is 5.91 Å². The van der Waals surface area contributed by atoms with E-state index in [1.54, 1.807) is 34.6 Å². The van der Waals surface area contributed by atoms with Crippen LogP contribution in [0.4, 0.5) is 4.79 Å². The minimum absolute atomic E-state index is 0.520. The molecule has 0 aliphatic carbocycles. The summed E-state index contributed by atoms with van der Waals surface area (Å²) in [5, 5.41) is 16.5. The van der Waals surface area contributed by atoms with Crippen LogP contribution in [0.2, 0.25) is 0 Å². The van der Waals surface area contributed by atoms with E-state index < -0.39 is 34.9 Å². The molecule has 1 atom stereocenters. The number of nitrogens with one attached hydrogen (secondary N) is 3. The topological polar surface area (TPSA) is 108 Å². The van der Waals surface area contributed by atoms with Gasteiger partial charge in [-0.3, -0.25) is 20.2 Å². The van der Waals surface area contributed by atoms with Crippen molar-refractivity contribution in [3.8, 4) is 0 Å². The molecule has 0 saturated heterocycles. The van der Waals surface area contributed by atoms with Crippen molar-refractivity contribution in [3.05, 3.63) is 0 Å². The molecule has 0 saturated carbocycles. The van der Waals surface area contributed by atoms with Gasteiger partial charge in [-0.05, 0) is 34.6 Å². The molecule has 3 amide bonds. The van der Waals surface area contributed by atoms with Crippen LogP contribution >= 0.6 is 0 Å². The highest BCUT2D eigenvalue weighted by Crippen LogP contribution is 2.31. The zero-order chi connectivity index (χ0) is 15.4. The molecule has 1 unspecified atom stereocenters. The average Bonchev–Trinajstić information content (AvgIpc) is 2.27. The standard InChI is InChI=1S/C12H23N3O4/c1-7(8(16)14-10(19)13-6)15-12(4,5)11(2,3)9(17)18/h7,15H,1-6H3,(H,17,18)(H2,13,14,16,19). The molecular formula is C12H23N3O4. The number of carbonyl (C=O) groups is 3. The lowest BCUT2D eigenvalue weighted by atomic mass is 9.74. The van der Waals surface area contributed by atoms with Gasteiger partial charge < -0.3 is 10.4 Å². The van der Waals surface area contributed by atoms with Crippen molar-refractivity contribution in [2.75, 3.05) is 7.05 Å². The van der Waals surface area contributed by atoms with Crippen molar-refractivity contribution in [2.45, 2.75) is 46.2 Å². The minimum Gasteiger partial charge on any atom is -0.481 e. The molecule has 19 heavy (non-hydrogen) atoms. The molecular weight excluding hydrogens is 250 g/mol. The van der Waals surface area contributed by atoms with E-state index >= 15 is 0 Å². The van der Waals surface area contributed by atoms with Crippen molar-refractivity contribution >= 4 is 17.9 Å². The molecule has 0 aromatic rings. The summed E-state index contributed by atoms with van der Waals surface area (Å²) in [4.78, 5) is 34.0. The van der Waals surface area contributed by atoms with Crippen molar-refractivity contribution in [3.63, 3.8) is 0 Å². The van der Waals surface area contributed by atoms with Crippen molar-refractivity contribution in [1.29, 1.82) is 0 Å². The molecule has 0 aliphatic heterocycles. The number of rotatable bonds is 5. The van der Waals surface area contributed by atoms with Gasteiger partial charge in [0.1, 0.15) is 0 Å². The molecule has 7 nitrogen and oxygen atoms in total. The molecule has 0 rings (SSSR count). The maximum Gasteiger partial charge on any atom is 0.321 e. The average molecular weight is 273 g/mol. The molecule has 0 heterocycles. The van der Waals surface area contributed by atoms with Crippen molar-refractivity contribution < 1.29 is 19.5 Å². The van der Waals surface area contributed by atoms with E-state index in [1.165, 1.54) is 7.05 Å². The maximum atomic E-state index is 11.7. The number of urea groups is 1. The third kappa shape index (κ3) is 4.20. The van der Waals surface area contributed by atoms with Gasteiger partial charge in [0.05, 0.1) is 11.5 Å². The largest absolute Gasteiger partial charge is 0.481 e. The first-order chi connectivity index (χ1) is 8.45. The second-order valence-corrected chi connectivity index (χ2v) is 5.49. The zero-order valence-electron chi connectivity index (χ0n) is 12.2. The number of carboxylic acid groups (broad SMARTS) is 1. The Morgan fingerprint density at radius 3 is 1.95 bits per heavy atom. The van der Waals surface area contributed by atoms with Crippen LogP contribution in [0.25, 0.3) is 0 Å². The van der Waals surface area contributed by atoms with Gasteiger partial charge in [-0.15, -0.1) is 0 Å². The van der Waals surface area contributed by atoms with Crippen LogP contribution < -0.4 is 16.0 Å². The van der Waals surface area contributed by atoms with E-state index in [9.17, 15) is 19.5 Å². The third-order valence-electron chi connectivity index (χ3n) is 3.53. The first-order valence-electron chi connectivity index (χ1n) is 5.99. The first-order valence-corrected chi connectivity index (χ1v) is 5.99. The smallest absolute Gasteiger partial charge is 0.321 e. The Morgan fingerprint density at radius 2 is 1.58 bits per heavy atom. The molecule has 0 aromatic carbocycles. The highest BCUT2D eigenvalue weighted by Gasteiger charge is 2.44. The molecule has 0 aromatic heterocycles. The van der Waals surface area contributed by atoms with Crippen LogP contribution in [0, 0.1) is 5.41 Å². The van der Waals surface area contributed by atoms with E-state index in [1.807, 2.05) is 0 Å². The fraction of sp³-hybridized carbons (Fsp3) is 0.750. The fourth-order valence-electron chi connectivity index (χ4n) is 1.34. The van der Waals surface area contributed by atoms with Crippen LogP contribution in [0.5, 0.6) is 0 Å². The summed E-state index contributed by atoms with van der Waals surface area (Å²) in [6.07, 6.45) is 0. The summed E-state index contributed by atoms with van der Waals surface area (Å²) in [5.74, 6) is -1.49. The number of aliphatic carboxylic acids is 1. The third-order valence-corrected chi connectivity index (χ3v) is 3.53. The summed E-state index contributed by atoms with van der Waals surface area (Å²) in [7, 11) is 1.40. The lowest BCUT2D eigenvalue weighted by Gasteiger charge is -2.40. The van der Waals surface area contributed by atoms with Crippen LogP contribution in [-0.2, 0) is 9.59 Å². The predicted octanol–water partition coefficient (Wildman–Crippen LogP) is 0.310. The van der Waals surface area contributed by atoms with Gasteiger partial charge in [0, 0.05) is 12.6 Å². The molecule has 110 valence electrons. The number of amides is 3. The van der Waals surface area contributed by atoms with Gasteiger partial charge >= 0.3 is 12.0 Å². The molecule has 7 heteroatoms. The quantitative estimate of drug-likeness (QED) is 0.576. The Balaban J connectivity index is 4.80. The number of imide groups is 1. The van der Waals surface area contributed by atoms with Crippen molar-refractivity contribution in [2.24, 2.45) is 5.41 Å². The Kier molecular flexibility index (Phi) is 5.49. The normalized spacial score (nSPS) is 13.6. The number of carboxylic acids is 1. The van der Waals surface area contributed by atoms with Crippen LogP contribution in [0.15, 0.2) is 0 Å². The molecule has 0 radical (unpaired) electrons. The van der Waals surface area contributed by atoms with Gasteiger partial charge in [0.25, 0.3) is 0 Å². The monoisotopic (exact) mass is 273 g/mol. The fourth-order valence-corrected chi connectivity index (χ4v) is 1.34. The van der Waals surface area contributed by atoms with Gasteiger partial charge in [-0.25, -0.2) is 4.79 Å². The number of hydrogen-bond donors (Lipinski definition) is 4. The van der Waals surface area contributed by atoms with Gasteiger partial charge in [-0.1, -0.05) is 0 Å². The molecule has 0 aliphatic rings. The lowest BCUT2D eigenvalue weighted by molar-refractivity contribution is -0.151. The summed E-state index contributed by atoms with van der Waals surface area (Å²) in [6.45, 7) is 8.12. The minimum atomic E-state index is -1.07. The van der Waals surface area contributed by atoms with E-state index in [-0.39, 0.29) is 0 Å². The Bertz CT molecular complexity index is 377. The molecule has 0 fully saturated rings. The summed E-state index contributed by atoms with van der Waals surface area (Å²) < 4.78 is 0.